The summed E-state index contributed by atoms with van der Waals surface area (Å²) >= 11 is 10.4. The van der Waals surface area contributed by atoms with E-state index in [1.807, 2.05) is 6.26 Å². The van der Waals surface area contributed by atoms with Crippen molar-refractivity contribution in [3.8, 4) is 0 Å². The van der Waals surface area contributed by atoms with E-state index in [0.29, 0.717) is 0 Å². The lowest BCUT2D eigenvalue weighted by Gasteiger charge is -1.99. The van der Waals surface area contributed by atoms with Gasteiger partial charge in [0.25, 0.3) is 0 Å². The van der Waals surface area contributed by atoms with Gasteiger partial charge in [0.15, 0.2) is 0 Å². The summed E-state index contributed by atoms with van der Waals surface area (Å²) in [7, 11) is 0. The number of nitrogens with one attached hydrogen (secondary N) is 1. The first-order valence-corrected chi connectivity index (χ1v) is 4.50. The van der Waals surface area contributed by atoms with Crippen LogP contribution in [0.3, 0.4) is 0 Å². The van der Waals surface area contributed by atoms with Crippen molar-refractivity contribution in [3.63, 3.8) is 0 Å². The number of thiol groups is 1. The van der Waals surface area contributed by atoms with Crippen molar-refractivity contribution in [3.05, 3.63) is 0 Å². The molecule has 1 nitrogen and oxygen atoms in total. The average Bonchev–Trinajstić information content (AvgIpc) is 1.83. The van der Waals surface area contributed by atoms with Crippen LogP contribution in [0.15, 0.2) is 0 Å². The quantitative estimate of drug-likeness (QED) is 0.473. The maximum absolute atomic E-state index is 4.84. The molecule has 0 fully saturated rings. The Labute approximate surface area is 65.0 Å². The summed E-state index contributed by atoms with van der Waals surface area (Å²) in [5, 5.41) is 3.00. The Balaban J connectivity index is 2.99. The third kappa shape index (κ3) is 4.74. The molecule has 0 aromatic rings. The van der Waals surface area contributed by atoms with Crippen molar-refractivity contribution in [2.75, 3.05) is 18.6 Å². The second kappa shape index (κ2) is 5.72. The molecule has 0 aliphatic heterocycles. The van der Waals surface area contributed by atoms with Gasteiger partial charge in [0.2, 0.25) is 0 Å². The van der Waals surface area contributed by atoms with Gasteiger partial charge in [0, 0.05) is 12.3 Å². The van der Waals surface area contributed by atoms with Crippen molar-refractivity contribution in [2.45, 2.75) is 0 Å². The minimum absolute atomic E-state index is 0.834. The zero-order chi connectivity index (χ0) is 6.41. The Hall–Kier alpha value is 0.590. The Kier molecular flexibility index (Phi) is 6.14. The molecule has 0 aliphatic rings. The van der Waals surface area contributed by atoms with E-state index in [9.17, 15) is 0 Å². The van der Waals surface area contributed by atoms with E-state index in [4.69, 9.17) is 12.2 Å². The van der Waals surface area contributed by atoms with Crippen molar-refractivity contribution in [1.82, 2.24) is 5.32 Å². The molecule has 0 amide bonds. The molecule has 0 aromatic heterocycles. The third-order valence-electron chi connectivity index (χ3n) is 0.567. The number of hydrogen-bond acceptors (Lipinski definition) is 3. The minimum Gasteiger partial charge on any atom is -0.370 e. The molecule has 0 atom stereocenters. The molecule has 0 spiro atoms. The second-order valence-corrected chi connectivity index (χ2v) is 3.07. The van der Waals surface area contributed by atoms with Crippen molar-refractivity contribution in [1.29, 1.82) is 0 Å². The van der Waals surface area contributed by atoms with Gasteiger partial charge in [0.1, 0.15) is 4.32 Å². The van der Waals surface area contributed by atoms with Gasteiger partial charge in [-0.1, -0.05) is 12.2 Å². The third-order valence-corrected chi connectivity index (χ3v) is 1.95. The van der Waals surface area contributed by atoms with Gasteiger partial charge >= 0.3 is 0 Å². The zero-order valence-electron chi connectivity index (χ0n) is 4.68. The number of rotatable bonds is 2. The summed E-state index contributed by atoms with van der Waals surface area (Å²) in [6.45, 7) is 0.864. The molecule has 0 aliphatic carbocycles. The summed E-state index contributed by atoms with van der Waals surface area (Å²) in [4.78, 5) is 0. The van der Waals surface area contributed by atoms with Crippen LogP contribution in [-0.4, -0.2) is 22.9 Å². The molecular formula is C4H9NS3. The highest BCUT2D eigenvalue weighted by molar-refractivity contribution is 8.22. The lowest BCUT2D eigenvalue weighted by Crippen LogP contribution is -2.19. The first-order chi connectivity index (χ1) is 3.81. The van der Waals surface area contributed by atoms with E-state index in [2.05, 4.69) is 17.9 Å². The van der Waals surface area contributed by atoms with Crippen molar-refractivity contribution in [2.24, 2.45) is 0 Å². The van der Waals surface area contributed by atoms with E-state index >= 15 is 0 Å². The second-order valence-electron chi connectivity index (χ2n) is 1.14. The van der Waals surface area contributed by atoms with Crippen LogP contribution in [0.2, 0.25) is 0 Å². The fourth-order valence-corrected chi connectivity index (χ4v) is 0.690. The summed E-state index contributed by atoms with van der Waals surface area (Å²) in [6.07, 6.45) is 1.95. The Bertz CT molecular complexity index is 73.7. The van der Waals surface area contributed by atoms with Gasteiger partial charge in [-0.3, -0.25) is 0 Å². The lowest BCUT2D eigenvalue weighted by atomic mass is 10.8. The van der Waals surface area contributed by atoms with Gasteiger partial charge in [-0.25, -0.2) is 0 Å². The van der Waals surface area contributed by atoms with Gasteiger partial charge in [-0.2, -0.15) is 12.6 Å². The molecule has 8 heavy (non-hydrogen) atoms. The van der Waals surface area contributed by atoms with Gasteiger partial charge < -0.3 is 5.32 Å². The Morgan fingerprint density at radius 1 is 1.88 bits per heavy atom. The van der Waals surface area contributed by atoms with Crippen LogP contribution < -0.4 is 5.32 Å². The van der Waals surface area contributed by atoms with E-state index in [-0.39, 0.29) is 0 Å². The highest BCUT2D eigenvalue weighted by Gasteiger charge is 1.86. The number of hydrogen-bond donors (Lipinski definition) is 2. The van der Waals surface area contributed by atoms with Crippen LogP contribution in [0.25, 0.3) is 0 Å². The Morgan fingerprint density at radius 2 is 2.50 bits per heavy atom. The van der Waals surface area contributed by atoms with Crippen LogP contribution in [-0.2, 0) is 0 Å². The molecule has 0 radical (unpaired) electrons. The SMILES string of the molecule is CSC(=S)NCCS. The summed E-state index contributed by atoms with van der Waals surface area (Å²) < 4.78 is 0.846. The highest BCUT2D eigenvalue weighted by atomic mass is 32.2. The molecule has 0 bridgehead atoms. The van der Waals surface area contributed by atoms with Crippen LogP contribution in [0, 0.1) is 0 Å². The van der Waals surface area contributed by atoms with E-state index in [1.165, 1.54) is 0 Å². The van der Waals surface area contributed by atoms with E-state index in [0.717, 1.165) is 16.6 Å². The minimum atomic E-state index is 0.834. The monoisotopic (exact) mass is 167 g/mol. The zero-order valence-corrected chi connectivity index (χ0v) is 7.21. The Morgan fingerprint density at radius 3 is 2.88 bits per heavy atom. The first kappa shape index (κ1) is 8.59. The van der Waals surface area contributed by atoms with Crippen LogP contribution >= 0.6 is 36.6 Å². The topological polar surface area (TPSA) is 12.0 Å². The summed E-state index contributed by atoms with van der Waals surface area (Å²) in [5.74, 6) is 0.834. The standard InChI is InChI=1S/C4H9NS3/c1-8-4(7)5-2-3-6/h6H,2-3H2,1H3,(H,5,7). The number of thiocarbonyl (C=S) groups is 1. The number of thioether (sulfide) groups is 1. The van der Waals surface area contributed by atoms with Crippen molar-refractivity contribution < 1.29 is 0 Å². The molecular weight excluding hydrogens is 158 g/mol. The molecule has 0 aromatic carbocycles. The normalized spacial score (nSPS) is 8.75. The molecule has 0 saturated carbocycles. The van der Waals surface area contributed by atoms with E-state index < -0.39 is 0 Å². The molecule has 0 heterocycles. The summed E-state index contributed by atoms with van der Waals surface area (Å²) in [5.41, 5.74) is 0. The molecule has 1 N–H and O–H groups in total. The predicted molar refractivity (Wildman–Crippen MR) is 48.0 cm³/mol. The van der Waals surface area contributed by atoms with Crippen LogP contribution in [0.4, 0.5) is 0 Å². The van der Waals surface area contributed by atoms with Crippen molar-refractivity contribution >= 4 is 40.9 Å². The van der Waals surface area contributed by atoms with E-state index in [1.54, 1.807) is 11.8 Å². The summed E-state index contributed by atoms with van der Waals surface area (Å²) in [6, 6.07) is 0. The van der Waals surface area contributed by atoms with Gasteiger partial charge in [-0.05, 0) is 6.26 Å². The van der Waals surface area contributed by atoms with Gasteiger partial charge in [0.05, 0.1) is 0 Å². The van der Waals surface area contributed by atoms with Crippen LogP contribution in [0.1, 0.15) is 0 Å². The largest absolute Gasteiger partial charge is 0.370 e. The smallest absolute Gasteiger partial charge is 0.133 e. The first-order valence-electron chi connectivity index (χ1n) is 2.24. The maximum atomic E-state index is 4.84. The average molecular weight is 167 g/mol. The molecule has 48 valence electrons. The fraction of sp³-hybridized carbons (Fsp3) is 0.750. The molecule has 0 unspecified atom stereocenters. The lowest BCUT2D eigenvalue weighted by molar-refractivity contribution is 1.01. The molecule has 0 rings (SSSR count). The highest BCUT2D eigenvalue weighted by Crippen LogP contribution is 1.92. The van der Waals surface area contributed by atoms with Crippen LogP contribution in [0.5, 0.6) is 0 Å². The maximum Gasteiger partial charge on any atom is 0.133 e. The fourth-order valence-electron chi connectivity index (χ4n) is 0.230. The molecule has 0 saturated heterocycles. The van der Waals surface area contributed by atoms with Gasteiger partial charge in [-0.15, -0.1) is 11.8 Å². The molecule has 4 heteroatoms. The predicted octanol–water partition coefficient (Wildman–Crippen LogP) is 1.15.